The highest BCUT2D eigenvalue weighted by atomic mass is 16.7. The van der Waals surface area contributed by atoms with Gasteiger partial charge in [-0.1, -0.05) is 55.5 Å². The molecule has 0 radical (unpaired) electrons. The van der Waals surface area contributed by atoms with Crippen molar-refractivity contribution in [2.24, 2.45) is 23.3 Å². The van der Waals surface area contributed by atoms with Crippen LogP contribution in [0.5, 0.6) is 0 Å². The minimum atomic E-state index is -2.10. The number of ketones is 1. The number of aliphatic hydroxyl groups is 6. The number of esters is 1. The SMILES string of the molecule is CC[C@@H]1C(=O)O[C@H](C)C/C=C/C=C/C=C/C=C/[C@H](O[C@@H]2O[C@H](C)[C@@H](O)[C@H](N)[C@@H]2O)CC2O[C@](O)(C[C@@H](O)CCCC(=O)C[C@H]1O)C[C@H](O)[C@H]2C(N)=O. The third-order valence-electron chi connectivity index (χ3n) is 9.71. The van der Waals surface area contributed by atoms with Gasteiger partial charge in [0.1, 0.15) is 18.0 Å². The first kappa shape index (κ1) is 43.6. The first-order chi connectivity index (χ1) is 24.5. The smallest absolute Gasteiger partial charge is 0.311 e. The van der Waals surface area contributed by atoms with Crippen LogP contribution >= 0.6 is 0 Å². The van der Waals surface area contributed by atoms with E-state index in [2.05, 4.69) is 0 Å². The van der Waals surface area contributed by atoms with Crippen LogP contribution in [0.2, 0.25) is 0 Å². The van der Waals surface area contributed by atoms with Crippen molar-refractivity contribution in [2.45, 2.75) is 152 Å². The molecule has 1 amide bonds. The van der Waals surface area contributed by atoms with Crippen LogP contribution < -0.4 is 11.5 Å². The van der Waals surface area contributed by atoms with Crippen molar-refractivity contribution in [3.05, 3.63) is 48.6 Å². The maximum Gasteiger partial charge on any atom is 0.311 e. The molecule has 2 bridgehead atoms. The van der Waals surface area contributed by atoms with Crippen LogP contribution in [-0.2, 0) is 33.3 Å². The Morgan fingerprint density at radius 3 is 2.33 bits per heavy atom. The summed E-state index contributed by atoms with van der Waals surface area (Å²) >= 11 is 0. The van der Waals surface area contributed by atoms with E-state index in [1.54, 1.807) is 63.3 Å². The van der Waals surface area contributed by atoms with Gasteiger partial charge in [-0.05, 0) is 33.1 Å². The molecule has 52 heavy (non-hydrogen) atoms. The maximum absolute atomic E-state index is 12.8. The number of allylic oxidation sites excluding steroid dienone is 6. The predicted molar refractivity (Wildman–Crippen MR) is 188 cm³/mol. The Kier molecular flexibility index (Phi) is 17.2. The van der Waals surface area contributed by atoms with Crippen LogP contribution in [0, 0.1) is 11.8 Å². The number of cyclic esters (lactones) is 1. The molecular weight excluding hydrogens is 680 g/mol. The molecule has 15 heteroatoms. The summed E-state index contributed by atoms with van der Waals surface area (Å²) < 4.78 is 23.3. The van der Waals surface area contributed by atoms with Crippen LogP contribution in [0.4, 0.5) is 0 Å². The zero-order chi connectivity index (χ0) is 38.6. The molecule has 294 valence electrons. The van der Waals surface area contributed by atoms with Gasteiger partial charge < -0.3 is 61.1 Å². The van der Waals surface area contributed by atoms with Crippen molar-refractivity contribution in [3.63, 3.8) is 0 Å². The lowest BCUT2D eigenvalue weighted by atomic mass is 9.82. The monoisotopic (exact) mass is 738 g/mol. The van der Waals surface area contributed by atoms with Crippen LogP contribution in [0.25, 0.3) is 0 Å². The van der Waals surface area contributed by atoms with E-state index in [1.165, 1.54) is 0 Å². The minimum absolute atomic E-state index is 0.00318. The molecule has 3 heterocycles. The van der Waals surface area contributed by atoms with Crippen molar-refractivity contribution < 1.29 is 64.0 Å². The van der Waals surface area contributed by atoms with Gasteiger partial charge in [0.15, 0.2) is 12.1 Å². The third kappa shape index (κ3) is 12.9. The number of fused-ring (bicyclic) bond motifs is 2. The van der Waals surface area contributed by atoms with Crippen molar-refractivity contribution in [1.82, 2.24) is 0 Å². The largest absolute Gasteiger partial charge is 0.462 e. The molecule has 15 nitrogen and oxygen atoms in total. The number of Topliss-reactive ketones (excluding diaryl/α,β-unsaturated/α-hetero) is 1. The fourth-order valence-electron chi connectivity index (χ4n) is 6.77. The molecule has 14 atom stereocenters. The van der Waals surface area contributed by atoms with Gasteiger partial charge in [-0.3, -0.25) is 14.4 Å². The summed E-state index contributed by atoms with van der Waals surface area (Å²) in [7, 11) is 0. The summed E-state index contributed by atoms with van der Waals surface area (Å²) in [5.41, 5.74) is 11.7. The molecule has 3 aliphatic rings. The number of amides is 1. The molecule has 0 aliphatic carbocycles. The first-order valence-electron chi connectivity index (χ1n) is 18.1. The number of hydrogen-bond donors (Lipinski definition) is 8. The van der Waals surface area contributed by atoms with Gasteiger partial charge in [0, 0.05) is 38.5 Å². The molecule has 0 aromatic carbocycles. The van der Waals surface area contributed by atoms with Crippen molar-refractivity contribution >= 4 is 17.7 Å². The van der Waals surface area contributed by atoms with Gasteiger partial charge in [-0.15, -0.1) is 0 Å². The van der Waals surface area contributed by atoms with E-state index in [1.807, 2.05) is 6.08 Å². The van der Waals surface area contributed by atoms with Crippen molar-refractivity contribution in [2.75, 3.05) is 0 Å². The molecule has 2 fully saturated rings. The number of aliphatic hydroxyl groups excluding tert-OH is 5. The van der Waals surface area contributed by atoms with Gasteiger partial charge in [-0.2, -0.15) is 0 Å². The third-order valence-corrected chi connectivity index (χ3v) is 9.71. The summed E-state index contributed by atoms with van der Waals surface area (Å²) in [6, 6.07) is -1.08. The summed E-state index contributed by atoms with van der Waals surface area (Å²) in [4.78, 5) is 38.0. The number of carbonyl (C=O) groups is 3. The number of ether oxygens (including phenoxy) is 4. The summed E-state index contributed by atoms with van der Waals surface area (Å²) in [5.74, 6) is -6.04. The highest BCUT2D eigenvalue weighted by Gasteiger charge is 2.50. The Bertz CT molecular complexity index is 1290. The van der Waals surface area contributed by atoms with E-state index in [4.69, 9.17) is 30.4 Å². The lowest BCUT2D eigenvalue weighted by molar-refractivity contribution is -0.306. The topological polar surface area (TPSA) is 262 Å². The van der Waals surface area contributed by atoms with E-state index < -0.39 is 103 Å². The second-order valence-corrected chi connectivity index (χ2v) is 14.1. The van der Waals surface area contributed by atoms with Gasteiger partial charge in [-0.25, -0.2) is 0 Å². The van der Waals surface area contributed by atoms with Gasteiger partial charge in [0.2, 0.25) is 5.91 Å². The van der Waals surface area contributed by atoms with E-state index in [9.17, 15) is 45.0 Å². The Morgan fingerprint density at radius 1 is 0.981 bits per heavy atom. The number of carbonyl (C=O) groups excluding carboxylic acids is 3. The highest BCUT2D eigenvalue weighted by molar-refractivity contribution is 5.80. The Morgan fingerprint density at radius 2 is 1.65 bits per heavy atom. The fraction of sp³-hybridized carbons (Fsp3) is 0.703. The molecule has 0 spiro atoms. The van der Waals surface area contributed by atoms with Crippen LogP contribution in [0.1, 0.15) is 78.6 Å². The zero-order valence-corrected chi connectivity index (χ0v) is 30.2. The molecule has 2 saturated heterocycles. The van der Waals surface area contributed by atoms with E-state index >= 15 is 0 Å². The molecule has 0 aromatic rings. The van der Waals surface area contributed by atoms with E-state index in [0.29, 0.717) is 6.42 Å². The molecule has 3 rings (SSSR count). The van der Waals surface area contributed by atoms with E-state index in [0.717, 1.165) is 0 Å². The van der Waals surface area contributed by atoms with Crippen molar-refractivity contribution in [1.29, 1.82) is 0 Å². The summed E-state index contributed by atoms with van der Waals surface area (Å²) in [6.07, 6.45) is 2.24. The predicted octanol–water partition coefficient (Wildman–Crippen LogP) is 0.323. The number of hydrogen-bond acceptors (Lipinski definition) is 14. The molecule has 0 saturated carbocycles. The van der Waals surface area contributed by atoms with Gasteiger partial charge in [0.25, 0.3) is 0 Å². The number of rotatable bonds is 4. The lowest BCUT2D eigenvalue weighted by Crippen LogP contribution is -2.61. The second kappa shape index (κ2) is 20.6. The standard InChI is InChI=1S/C37H58N2O13/c1-4-26-27(42)17-23(40)14-12-15-24(41)19-37(48)20-28(43)30(34(39)46)29(52-37)18-25(51-36-33(45)31(38)32(44)22(3)50-36)16-11-9-7-5-6-8-10-13-21(2)49-35(26)47/h5-11,16,21-22,24-33,36,41-45,48H,4,12-15,17-20,38H2,1-3H3,(H2,39,46)/b6-5+,9-7+,10-8+,16-11+/t21-,22-,24+,25+,26+,27-,28+,29?,30-,31+,32-,33+,36+,37-/m1/s1. The average molecular weight is 739 g/mol. The number of nitrogens with two attached hydrogens (primary N) is 2. The van der Waals surface area contributed by atoms with E-state index in [-0.39, 0.29) is 50.7 Å². The molecule has 10 N–H and O–H groups in total. The molecular formula is C37H58N2O13. The zero-order valence-electron chi connectivity index (χ0n) is 30.2. The second-order valence-electron chi connectivity index (χ2n) is 14.1. The molecule has 1 unspecified atom stereocenters. The fourth-order valence-corrected chi connectivity index (χ4v) is 6.77. The Hall–Kier alpha value is -2.83. The van der Waals surface area contributed by atoms with Crippen LogP contribution in [-0.4, -0.2) is 121 Å². The first-order valence-corrected chi connectivity index (χ1v) is 18.1. The van der Waals surface area contributed by atoms with Crippen LogP contribution in [0.15, 0.2) is 48.6 Å². The summed E-state index contributed by atoms with van der Waals surface area (Å²) in [5, 5.41) is 65.0. The van der Waals surface area contributed by atoms with Gasteiger partial charge in [0.05, 0.1) is 60.6 Å². The number of primary amides is 1. The normalized spacial score (nSPS) is 43.5. The van der Waals surface area contributed by atoms with Crippen molar-refractivity contribution in [3.8, 4) is 0 Å². The Balaban J connectivity index is 1.88. The maximum atomic E-state index is 12.8. The highest BCUT2D eigenvalue weighted by Crippen LogP contribution is 2.38. The average Bonchev–Trinajstić information content (AvgIpc) is 3.04. The summed E-state index contributed by atoms with van der Waals surface area (Å²) in [6.45, 7) is 5.03. The molecule has 3 aliphatic heterocycles. The van der Waals surface area contributed by atoms with Crippen LogP contribution in [0.3, 0.4) is 0 Å². The minimum Gasteiger partial charge on any atom is -0.462 e. The van der Waals surface area contributed by atoms with Gasteiger partial charge >= 0.3 is 5.97 Å². The quantitative estimate of drug-likeness (QED) is 0.181. The Labute approximate surface area is 304 Å². The molecule has 0 aromatic heterocycles. The lowest BCUT2D eigenvalue weighted by Gasteiger charge is -2.45.